The summed E-state index contributed by atoms with van der Waals surface area (Å²) in [6.07, 6.45) is -2.96. The predicted octanol–water partition coefficient (Wildman–Crippen LogP) is 4.06. The van der Waals surface area contributed by atoms with E-state index in [9.17, 15) is 22.8 Å². The van der Waals surface area contributed by atoms with E-state index in [-0.39, 0.29) is 30.7 Å². The average molecular weight is 559 g/mol. The van der Waals surface area contributed by atoms with Crippen LogP contribution in [0, 0.1) is 0 Å². The first-order chi connectivity index (χ1) is 19.1. The highest BCUT2D eigenvalue weighted by atomic mass is 19.4. The maximum Gasteiger partial charge on any atom is 0.417 e. The van der Waals surface area contributed by atoms with Gasteiger partial charge in [0.2, 0.25) is 11.9 Å². The topological polar surface area (TPSA) is 122 Å². The van der Waals surface area contributed by atoms with Crippen LogP contribution in [0.5, 0.6) is 11.5 Å². The molecule has 4 heterocycles. The molecule has 1 aromatic carbocycles. The quantitative estimate of drug-likeness (QED) is 0.349. The van der Waals surface area contributed by atoms with Crippen LogP contribution in [-0.2, 0) is 34.0 Å². The van der Waals surface area contributed by atoms with E-state index >= 15 is 0 Å². The molecule has 1 aliphatic heterocycles. The van der Waals surface area contributed by atoms with Gasteiger partial charge in [0.25, 0.3) is 5.56 Å². The van der Waals surface area contributed by atoms with Gasteiger partial charge in [-0.25, -0.2) is 9.97 Å². The number of rotatable bonds is 7. The van der Waals surface area contributed by atoms with E-state index in [1.54, 1.807) is 41.9 Å². The van der Waals surface area contributed by atoms with E-state index in [2.05, 4.69) is 20.6 Å². The van der Waals surface area contributed by atoms with Crippen LogP contribution in [0.2, 0.25) is 0 Å². The van der Waals surface area contributed by atoms with Crippen LogP contribution in [0.1, 0.15) is 12.5 Å². The van der Waals surface area contributed by atoms with E-state index in [4.69, 9.17) is 14.2 Å². The molecule has 5 rings (SSSR count). The Bertz CT molecular complexity index is 1610. The summed E-state index contributed by atoms with van der Waals surface area (Å²) in [5.41, 5.74) is -0.825. The molecule has 11 nitrogen and oxygen atoms in total. The summed E-state index contributed by atoms with van der Waals surface area (Å²) in [5.74, 6) is 1.08. The fourth-order valence-corrected chi connectivity index (χ4v) is 4.20. The molecule has 1 saturated heterocycles. The van der Waals surface area contributed by atoms with Gasteiger partial charge >= 0.3 is 6.18 Å². The lowest BCUT2D eigenvalue weighted by molar-refractivity contribution is -0.138. The third-order valence-corrected chi connectivity index (χ3v) is 6.07. The number of anilines is 3. The molecule has 1 aliphatic rings. The molecular formula is C26H25F3N6O5. The Morgan fingerprint density at radius 2 is 1.98 bits per heavy atom. The second kappa shape index (κ2) is 11.0. The van der Waals surface area contributed by atoms with Crippen LogP contribution in [-0.4, -0.2) is 50.9 Å². The minimum absolute atomic E-state index is 0.0979. The third kappa shape index (κ3) is 6.07. The molecule has 0 saturated carbocycles. The van der Waals surface area contributed by atoms with Gasteiger partial charge in [0.1, 0.15) is 23.0 Å². The molecule has 40 heavy (non-hydrogen) atoms. The molecule has 0 unspecified atom stereocenters. The number of pyridine rings is 2. The van der Waals surface area contributed by atoms with Gasteiger partial charge in [-0.3, -0.25) is 9.59 Å². The zero-order valence-corrected chi connectivity index (χ0v) is 21.5. The van der Waals surface area contributed by atoms with Crippen molar-refractivity contribution >= 4 is 34.4 Å². The Labute approximate surface area is 225 Å². The zero-order valence-electron chi connectivity index (χ0n) is 21.5. The lowest BCUT2D eigenvalue weighted by atomic mass is 10.2. The fraction of sp³-hybridized carbons (Fsp3) is 0.308. The van der Waals surface area contributed by atoms with Crippen LogP contribution in [0.3, 0.4) is 0 Å². The van der Waals surface area contributed by atoms with E-state index in [1.807, 2.05) is 0 Å². The average Bonchev–Trinajstić information content (AvgIpc) is 3.20. The molecular weight excluding hydrogens is 533 g/mol. The first-order valence-electron chi connectivity index (χ1n) is 12.2. The Hall–Kier alpha value is -4.43. The van der Waals surface area contributed by atoms with Gasteiger partial charge in [0, 0.05) is 38.5 Å². The van der Waals surface area contributed by atoms with Gasteiger partial charge in [-0.1, -0.05) is 0 Å². The lowest BCUT2D eigenvalue weighted by Gasteiger charge is -2.24. The summed E-state index contributed by atoms with van der Waals surface area (Å²) in [4.78, 5) is 33.0. The van der Waals surface area contributed by atoms with Crippen molar-refractivity contribution in [1.29, 1.82) is 0 Å². The lowest BCUT2D eigenvalue weighted by Crippen LogP contribution is -2.36. The number of nitrogens with zero attached hydrogens (tertiary/aromatic N) is 4. The summed E-state index contributed by atoms with van der Waals surface area (Å²) in [6.45, 7) is 2.13. The van der Waals surface area contributed by atoms with Crippen LogP contribution in [0.25, 0.3) is 11.0 Å². The maximum atomic E-state index is 13.7. The monoisotopic (exact) mass is 558 g/mol. The number of aryl methyl sites for hydroxylation is 1. The van der Waals surface area contributed by atoms with Crippen LogP contribution < -0.4 is 20.9 Å². The van der Waals surface area contributed by atoms with Crippen molar-refractivity contribution in [2.45, 2.75) is 25.7 Å². The molecule has 1 fully saturated rings. The largest absolute Gasteiger partial charge is 0.457 e. The highest BCUT2D eigenvalue weighted by Crippen LogP contribution is 2.32. The molecule has 0 bridgehead atoms. The standard InChI is InChI=1S/C26H25F3N6O5/c1-15(36)31-23-11-18(5-6-30-23)40-17-3-4-20-22(10-17)34(2)25(32-20)33-21-9-16(26(27,28)29)12-35(24(21)37)13-19-14-38-7-8-39-19/h3-6,9-12,19H,7-8,13-14H2,1-2H3,(H,32,33)(H,30,31,36)/t19-/m1/s1. The van der Waals surface area contributed by atoms with Crippen LogP contribution >= 0.6 is 0 Å². The first-order valence-corrected chi connectivity index (χ1v) is 12.2. The summed E-state index contributed by atoms with van der Waals surface area (Å²) in [5, 5.41) is 5.35. The second-order valence-electron chi connectivity index (χ2n) is 9.10. The molecule has 2 N–H and O–H groups in total. The Balaban J connectivity index is 1.43. The third-order valence-electron chi connectivity index (χ3n) is 6.07. The van der Waals surface area contributed by atoms with Crippen molar-refractivity contribution in [3.8, 4) is 11.5 Å². The first kappa shape index (κ1) is 27.1. The number of alkyl halides is 3. The molecule has 14 heteroatoms. The van der Waals surface area contributed by atoms with Crippen molar-refractivity contribution < 1.29 is 32.2 Å². The number of fused-ring (bicyclic) bond motifs is 1. The van der Waals surface area contributed by atoms with Gasteiger partial charge in [0.15, 0.2) is 0 Å². The van der Waals surface area contributed by atoms with Gasteiger partial charge in [-0.05, 0) is 24.3 Å². The number of halogens is 3. The molecule has 4 aromatic rings. The van der Waals surface area contributed by atoms with Gasteiger partial charge in [0.05, 0.1) is 49.1 Å². The highest BCUT2D eigenvalue weighted by molar-refractivity contribution is 5.87. The Morgan fingerprint density at radius 3 is 2.70 bits per heavy atom. The minimum atomic E-state index is -4.68. The van der Waals surface area contributed by atoms with Crippen LogP contribution in [0.15, 0.2) is 53.6 Å². The predicted molar refractivity (Wildman–Crippen MR) is 139 cm³/mol. The van der Waals surface area contributed by atoms with E-state index < -0.39 is 23.4 Å². The number of amides is 1. The number of imidazole rings is 1. The van der Waals surface area contributed by atoms with Crippen molar-refractivity contribution in [1.82, 2.24) is 19.1 Å². The normalized spacial score (nSPS) is 15.7. The molecule has 1 amide bonds. The second-order valence-corrected chi connectivity index (χ2v) is 9.10. The molecule has 0 aliphatic carbocycles. The summed E-state index contributed by atoms with van der Waals surface area (Å²) in [6, 6.07) is 8.98. The van der Waals surface area contributed by atoms with E-state index in [0.29, 0.717) is 41.6 Å². The van der Waals surface area contributed by atoms with Crippen molar-refractivity contribution in [2.75, 3.05) is 30.5 Å². The zero-order chi connectivity index (χ0) is 28.4. The number of aromatic nitrogens is 4. The van der Waals surface area contributed by atoms with E-state index in [1.165, 1.54) is 13.1 Å². The highest BCUT2D eigenvalue weighted by Gasteiger charge is 2.33. The number of carbonyl (C=O) groups excluding carboxylic acids is 1. The molecule has 210 valence electrons. The van der Waals surface area contributed by atoms with Crippen LogP contribution in [0.4, 0.5) is 30.6 Å². The number of hydrogen-bond donors (Lipinski definition) is 2. The van der Waals surface area contributed by atoms with Crippen molar-refractivity contribution in [3.05, 3.63) is 64.7 Å². The van der Waals surface area contributed by atoms with Crippen molar-refractivity contribution in [3.63, 3.8) is 0 Å². The molecule has 1 atom stereocenters. The Morgan fingerprint density at radius 1 is 1.18 bits per heavy atom. The van der Waals surface area contributed by atoms with Gasteiger partial charge in [-0.2, -0.15) is 13.2 Å². The fourth-order valence-electron chi connectivity index (χ4n) is 4.20. The molecule has 3 aromatic heterocycles. The summed E-state index contributed by atoms with van der Waals surface area (Å²) in [7, 11) is 1.65. The number of ether oxygens (including phenoxy) is 3. The number of carbonyl (C=O) groups is 1. The molecule has 0 spiro atoms. The maximum absolute atomic E-state index is 13.7. The minimum Gasteiger partial charge on any atom is -0.457 e. The van der Waals surface area contributed by atoms with Gasteiger partial charge in [-0.15, -0.1) is 0 Å². The van der Waals surface area contributed by atoms with Gasteiger partial charge < -0.3 is 34.0 Å². The summed E-state index contributed by atoms with van der Waals surface area (Å²) >= 11 is 0. The molecule has 0 radical (unpaired) electrons. The van der Waals surface area contributed by atoms with Crippen molar-refractivity contribution in [2.24, 2.45) is 7.05 Å². The number of hydrogen-bond acceptors (Lipinski definition) is 8. The SMILES string of the molecule is CC(=O)Nc1cc(Oc2ccc3nc(Nc4cc(C(F)(F)F)cn(C[C@@H]5COCCO5)c4=O)n(C)c3c2)ccn1. The summed E-state index contributed by atoms with van der Waals surface area (Å²) < 4.78 is 60.4. The smallest absolute Gasteiger partial charge is 0.417 e. The number of nitrogens with one attached hydrogen (secondary N) is 2. The number of benzene rings is 1. The van der Waals surface area contributed by atoms with E-state index in [0.717, 1.165) is 16.8 Å². The Kier molecular flexibility index (Phi) is 7.45.